The summed E-state index contributed by atoms with van der Waals surface area (Å²) in [5.74, 6) is 0.519. The predicted octanol–water partition coefficient (Wildman–Crippen LogP) is 1.37. The molecule has 1 heterocycles. The predicted molar refractivity (Wildman–Crippen MR) is 74.2 cm³/mol. The van der Waals surface area contributed by atoms with Crippen molar-refractivity contribution < 1.29 is 9.53 Å². The molecule has 1 saturated carbocycles. The quantitative estimate of drug-likeness (QED) is 0.757. The molecule has 3 N–H and O–H groups in total. The molecule has 102 valence electrons. The van der Waals surface area contributed by atoms with Gasteiger partial charge in [0, 0.05) is 13.2 Å². The Labute approximate surface area is 114 Å². The van der Waals surface area contributed by atoms with E-state index in [0.717, 1.165) is 32.3 Å². The molecule has 0 bridgehead atoms. The molecule has 4 nitrogen and oxygen atoms in total. The minimum absolute atomic E-state index is 0.0118. The van der Waals surface area contributed by atoms with Crippen molar-refractivity contribution in [3.8, 4) is 0 Å². The highest BCUT2D eigenvalue weighted by Crippen LogP contribution is 2.45. The molecule has 1 aliphatic carbocycles. The average Bonchev–Trinajstić information content (AvgIpc) is 2.32. The Morgan fingerprint density at radius 3 is 2.72 bits per heavy atom. The molecule has 1 atom stereocenters. The highest BCUT2D eigenvalue weighted by Gasteiger charge is 2.50. The van der Waals surface area contributed by atoms with E-state index in [1.807, 2.05) is 0 Å². The van der Waals surface area contributed by atoms with Crippen LogP contribution in [0.25, 0.3) is 0 Å². The van der Waals surface area contributed by atoms with Gasteiger partial charge in [0.15, 0.2) is 0 Å². The molecular formula is C13H22N2O2S. The van der Waals surface area contributed by atoms with Crippen LogP contribution in [0.4, 0.5) is 0 Å². The molecule has 2 rings (SSSR count). The van der Waals surface area contributed by atoms with E-state index in [9.17, 15) is 4.79 Å². The van der Waals surface area contributed by atoms with Gasteiger partial charge >= 0.3 is 0 Å². The van der Waals surface area contributed by atoms with Gasteiger partial charge in [-0.15, -0.1) is 0 Å². The van der Waals surface area contributed by atoms with E-state index in [1.54, 1.807) is 0 Å². The summed E-state index contributed by atoms with van der Waals surface area (Å²) in [5.41, 5.74) is 5.15. The van der Waals surface area contributed by atoms with Gasteiger partial charge in [-0.25, -0.2) is 0 Å². The van der Waals surface area contributed by atoms with Crippen molar-refractivity contribution in [3.63, 3.8) is 0 Å². The largest absolute Gasteiger partial charge is 0.392 e. The third-order valence-electron chi connectivity index (χ3n) is 4.06. The van der Waals surface area contributed by atoms with Crippen molar-refractivity contribution in [1.82, 2.24) is 5.32 Å². The lowest BCUT2D eigenvalue weighted by atomic mass is 9.62. The van der Waals surface area contributed by atoms with Crippen LogP contribution in [0, 0.1) is 11.3 Å². The molecule has 1 unspecified atom stereocenters. The van der Waals surface area contributed by atoms with Crippen molar-refractivity contribution >= 4 is 23.1 Å². The molecule has 2 aliphatic rings. The summed E-state index contributed by atoms with van der Waals surface area (Å²) in [7, 11) is 0. The van der Waals surface area contributed by atoms with Crippen LogP contribution in [0.15, 0.2) is 0 Å². The minimum atomic E-state index is -0.594. The average molecular weight is 270 g/mol. The fraction of sp³-hybridized carbons (Fsp3) is 0.846. The summed E-state index contributed by atoms with van der Waals surface area (Å²) in [5, 5.41) is 2.97. The molecule has 5 heteroatoms. The fourth-order valence-electron chi connectivity index (χ4n) is 2.97. The molecule has 0 radical (unpaired) electrons. The van der Waals surface area contributed by atoms with Crippen LogP contribution >= 0.6 is 12.2 Å². The smallest absolute Gasteiger partial charge is 0.233 e. The van der Waals surface area contributed by atoms with Crippen LogP contribution in [0.3, 0.4) is 0 Å². The molecule has 18 heavy (non-hydrogen) atoms. The molecule has 0 aromatic rings. The standard InChI is InChI=1S/C13H22N2O2S/c1-9-6-13(7-9,11(14)18)12(16)15-8-10-4-2-3-5-17-10/h9-10H,2-8H2,1H3,(H2,14,18)(H,15,16). The monoisotopic (exact) mass is 270 g/mol. The molecule has 1 saturated heterocycles. The lowest BCUT2D eigenvalue weighted by Crippen LogP contribution is -2.56. The Kier molecular flexibility index (Phi) is 4.22. The molecule has 0 aromatic carbocycles. The minimum Gasteiger partial charge on any atom is -0.392 e. The highest BCUT2D eigenvalue weighted by molar-refractivity contribution is 7.80. The zero-order valence-electron chi connectivity index (χ0n) is 10.9. The van der Waals surface area contributed by atoms with E-state index in [1.165, 1.54) is 6.42 Å². The summed E-state index contributed by atoms with van der Waals surface area (Å²) in [6, 6.07) is 0. The van der Waals surface area contributed by atoms with E-state index in [-0.39, 0.29) is 12.0 Å². The van der Waals surface area contributed by atoms with Crippen LogP contribution < -0.4 is 11.1 Å². The van der Waals surface area contributed by atoms with Crippen LogP contribution in [0.5, 0.6) is 0 Å². The van der Waals surface area contributed by atoms with Crippen LogP contribution in [-0.2, 0) is 9.53 Å². The first-order chi connectivity index (χ1) is 8.54. The number of carbonyl (C=O) groups excluding carboxylic acids is 1. The third-order valence-corrected chi connectivity index (χ3v) is 4.46. The van der Waals surface area contributed by atoms with Gasteiger partial charge in [0.05, 0.1) is 16.5 Å². The van der Waals surface area contributed by atoms with Crippen molar-refractivity contribution in [1.29, 1.82) is 0 Å². The number of rotatable bonds is 4. The van der Waals surface area contributed by atoms with Crippen LogP contribution in [0.2, 0.25) is 0 Å². The molecule has 1 amide bonds. The van der Waals surface area contributed by atoms with Gasteiger partial charge < -0.3 is 15.8 Å². The number of hydrogen-bond acceptors (Lipinski definition) is 3. The van der Waals surface area contributed by atoms with E-state index >= 15 is 0 Å². The van der Waals surface area contributed by atoms with Gasteiger partial charge in [-0.05, 0) is 38.0 Å². The number of nitrogens with two attached hydrogens (primary N) is 1. The summed E-state index contributed by atoms with van der Waals surface area (Å²) in [4.78, 5) is 12.6. The zero-order valence-corrected chi connectivity index (χ0v) is 11.7. The van der Waals surface area contributed by atoms with Gasteiger partial charge in [-0.3, -0.25) is 4.79 Å². The number of nitrogens with one attached hydrogen (secondary N) is 1. The maximum Gasteiger partial charge on any atom is 0.233 e. The molecular weight excluding hydrogens is 248 g/mol. The van der Waals surface area contributed by atoms with Crippen LogP contribution in [0.1, 0.15) is 39.0 Å². The van der Waals surface area contributed by atoms with Crippen LogP contribution in [-0.4, -0.2) is 30.2 Å². The molecule has 2 fully saturated rings. The topological polar surface area (TPSA) is 64.3 Å². The maximum absolute atomic E-state index is 12.2. The fourth-order valence-corrected chi connectivity index (χ4v) is 3.23. The number of carbonyl (C=O) groups is 1. The van der Waals surface area contributed by atoms with E-state index in [4.69, 9.17) is 22.7 Å². The second-order valence-electron chi connectivity index (χ2n) is 5.66. The second-order valence-corrected chi connectivity index (χ2v) is 6.10. The summed E-state index contributed by atoms with van der Waals surface area (Å²) in [6.07, 6.45) is 5.04. The van der Waals surface area contributed by atoms with E-state index in [2.05, 4.69) is 12.2 Å². The van der Waals surface area contributed by atoms with Crippen molar-refractivity contribution in [2.24, 2.45) is 17.1 Å². The Bertz CT molecular complexity index is 334. The lowest BCUT2D eigenvalue weighted by molar-refractivity contribution is -0.133. The van der Waals surface area contributed by atoms with Crippen molar-refractivity contribution in [2.75, 3.05) is 13.2 Å². The first kappa shape index (κ1) is 13.7. The van der Waals surface area contributed by atoms with E-state index < -0.39 is 5.41 Å². The second kappa shape index (κ2) is 5.53. The Balaban J connectivity index is 1.84. The maximum atomic E-state index is 12.2. The van der Waals surface area contributed by atoms with Crippen molar-refractivity contribution in [3.05, 3.63) is 0 Å². The molecule has 0 aromatic heterocycles. The summed E-state index contributed by atoms with van der Waals surface area (Å²) >= 11 is 5.07. The normalized spacial score (nSPS) is 35.6. The van der Waals surface area contributed by atoms with Gasteiger partial charge in [0.2, 0.25) is 5.91 Å². The van der Waals surface area contributed by atoms with Crippen molar-refractivity contribution in [2.45, 2.75) is 45.1 Å². The molecule has 0 spiro atoms. The number of ether oxygens (including phenoxy) is 1. The highest BCUT2D eigenvalue weighted by atomic mass is 32.1. The third kappa shape index (κ3) is 2.67. The Hall–Kier alpha value is -0.680. The number of hydrogen-bond donors (Lipinski definition) is 2. The number of thiocarbonyl (C=S) groups is 1. The Morgan fingerprint density at radius 1 is 1.50 bits per heavy atom. The van der Waals surface area contributed by atoms with Gasteiger partial charge in [0.1, 0.15) is 0 Å². The van der Waals surface area contributed by atoms with Gasteiger partial charge in [0.25, 0.3) is 0 Å². The van der Waals surface area contributed by atoms with Gasteiger partial charge in [-0.1, -0.05) is 19.1 Å². The Morgan fingerprint density at radius 2 is 2.22 bits per heavy atom. The summed E-state index contributed by atoms with van der Waals surface area (Å²) < 4.78 is 5.60. The molecule has 1 aliphatic heterocycles. The summed E-state index contributed by atoms with van der Waals surface area (Å²) in [6.45, 7) is 3.50. The van der Waals surface area contributed by atoms with Gasteiger partial charge in [-0.2, -0.15) is 0 Å². The first-order valence-corrected chi connectivity index (χ1v) is 7.15. The SMILES string of the molecule is CC1CC(C(=O)NCC2CCCCO2)(C(N)=S)C1. The zero-order chi connectivity index (χ0) is 13.2. The first-order valence-electron chi connectivity index (χ1n) is 6.74. The lowest BCUT2D eigenvalue weighted by Gasteiger charge is -2.44. The number of amides is 1. The van der Waals surface area contributed by atoms with E-state index in [0.29, 0.717) is 17.5 Å².